The third-order valence-electron chi connectivity index (χ3n) is 4.20. The molecule has 5 heteroatoms. The molecular formula is C19H20N4O. The number of rotatable bonds is 2. The molecule has 2 aromatic rings. The van der Waals surface area contributed by atoms with Gasteiger partial charge in [-0.2, -0.15) is 0 Å². The third kappa shape index (κ3) is 4.11. The molecular weight excluding hydrogens is 300 g/mol. The maximum Gasteiger partial charge on any atom is 0.323 e. The number of urea groups is 1. The van der Waals surface area contributed by atoms with Crippen molar-refractivity contribution in [2.45, 2.75) is 31.7 Å². The molecule has 5 nitrogen and oxygen atoms in total. The van der Waals surface area contributed by atoms with E-state index < -0.39 is 0 Å². The van der Waals surface area contributed by atoms with Crippen LogP contribution >= 0.6 is 0 Å². The van der Waals surface area contributed by atoms with Crippen LogP contribution in [0.1, 0.15) is 36.9 Å². The summed E-state index contributed by atoms with van der Waals surface area (Å²) in [6.45, 7) is 0. The number of amides is 2. The SMILES string of the molecule is CN(C(=O)Nc1ccc(C#Cc2ccccc2)nn1)C1CCCC1. The molecule has 24 heavy (non-hydrogen) atoms. The minimum atomic E-state index is -0.140. The monoisotopic (exact) mass is 320 g/mol. The van der Waals surface area contributed by atoms with Crippen LogP contribution in [0.3, 0.4) is 0 Å². The summed E-state index contributed by atoms with van der Waals surface area (Å²) >= 11 is 0. The molecule has 0 aliphatic heterocycles. The lowest BCUT2D eigenvalue weighted by atomic mass is 10.2. The van der Waals surface area contributed by atoms with E-state index in [0.717, 1.165) is 18.4 Å². The molecule has 0 spiro atoms. The average molecular weight is 320 g/mol. The predicted octanol–water partition coefficient (Wildman–Crippen LogP) is 3.28. The van der Waals surface area contributed by atoms with Gasteiger partial charge in [-0.25, -0.2) is 4.79 Å². The van der Waals surface area contributed by atoms with Crippen molar-refractivity contribution < 1.29 is 4.79 Å². The van der Waals surface area contributed by atoms with Gasteiger partial charge in [0.05, 0.1) is 0 Å². The van der Waals surface area contributed by atoms with E-state index in [1.54, 1.807) is 17.0 Å². The summed E-state index contributed by atoms with van der Waals surface area (Å²) in [4.78, 5) is 14.0. The van der Waals surface area contributed by atoms with Crippen molar-refractivity contribution in [2.24, 2.45) is 0 Å². The Morgan fingerprint density at radius 3 is 2.50 bits per heavy atom. The first kappa shape index (κ1) is 16.0. The Labute approximate surface area is 142 Å². The molecule has 2 amide bonds. The van der Waals surface area contributed by atoms with Crippen LogP contribution in [-0.2, 0) is 0 Å². The fraction of sp³-hybridized carbons (Fsp3) is 0.316. The van der Waals surface area contributed by atoms with Gasteiger partial charge in [0.1, 0.15) is 5.69 Å². The summed E-state index contributed by atoms with van der Waals surface area (Å²) in [7, 11) is 1.83. The molecule has 1 aromatic heterocycles. The summed E-state index contributed by atoms with van der Waals surface area (Å²) in [5.74, 6) is 6.43. The highest BCUT2D eigenvalue weighted by Gasteiger charge is 2.23. The molecule has 0 bridgehead atoms. The van der Waals surface area contributed by atoms with E-state index in [9.17, 15) is 4.79 Å². The number of benzene rings is 1. The van der Waals surface area contributed by atoms with Gasteiger partial charge in [0.25, 0.3) is 0 Å². The van der Waals surface area contributed by atoms with Gasteiger partial charge in [-0.3, -0.25) is 5.32 Å². The van der Waals surface area contributed by atoms with Crippen molar-refractivity contribution in [1.29, 1.82) is 0 Å². The minimum absolute atomic E-state index is 0.140. The van der Waals surface area contributed by atoms with Crippen LogP contribution in [0, 0.1) is 11.8 Å². The maximum atomic E-state index is 12.2. The molecule has 0 radical (unpaired) electrons. The van der Waals surface area contributed by atoms with Gasteiger partial charge in [0, 0.05) is 18.7 Å². The van der Waals surface area contributed by atoms with Gasteiger partial charge in [0.15, 0.2) is 5.82 Å². The largest absolute Gasteiger partial charge is 0.325 e. The van der Waals surface area contributed by atoms with Crippen molar-refractivity contribution in [3.05, 3.63) is 53.7 Å². The smallest absolute Gasteiger partial charge is 0.323 e. The first-order valence-corrected chi connectivity index (χ1v) is 8.17. The second-order valence-corrected chi connectivity index (χ2v) is 5.90. The number of hydrogen-bond donors (Lipinski definition) is 1. The molecule has 3 rings (SSSR count). The molecule has 1 fully saturated rings. The van der Waals surface area contributed by atoms with Gasteiger partial charge in [-0.1, -0.05) is 37.0 Å². The quantitative estimate of drug-likeness (QED) is 0.864. The summed E-state index contributed by atoms with van der Waals surface area (Å²) < 4.78 is 0. The van der Waals surface area contributed by atoms with E-state index in [2.05, 4.69) is 27.4 Å². The van der Waals surface area contributed by atoms with Gasteiger partial charge in [-0.05, 0) is 43.0 Å². The zero-order valence-corrected chi connectivity index (χ0v) is 13.7. The van der Waals surface area contributed by atoms with E-state index in [1.165, 1.54) is 12.8 Å². The van der Waals surface area contributed by atoms with E-state index in [1.807, 2.05) is 37.4 Å². The van der Waals surface area contributed by atoms with E-state index in [4.69, 9.17) is 0 Å². The number of carbonyl (C=O) groups is 1. The lowest BCUT2D eigenvalue weighted by Gasteiger charge is -2.24. The first-order valence-electron chi connectivity index (χ1n) is 8.17. The average Bonchev–Trinajstić information content (AvgIpc) is 3.16. The normalized spacial score (nSPS) is 13.9. The molecule has 1 N–H and O–H groups in total. The molecule has 0 unspecified atom stereocenters. The summed E-state index contributed by atoms with van der Waals surface area (Å²) in [6, 6.07) is 13.4. The second kappa shape index (κ2) is 7.60. The van der Waals surface area contributed by atoms with Crippen LogP contribution < -0.4 is 5.32 Å². The Hall–Kier alpha value is -2.87. The highest BCUT2D eigenvalue weighted by Crippen LogP contribution is 2.22. The number of anilines is 1. The minimum Gasteiger partial charge on any atom is -0.325 e. The Bertz CT molecular complexity index is 740. The maximum absolute atomic E-state index is 12.2. The Kier molecular flexibility index (Phi) is 5.07. The number of hydrogen-bond acceptors (Lipinski definition) is 3. The zero-order chi connectivity index (χ0) is 16.8. The topological polar surface area (TPSA) is 58.1 Å². The molecule has 1 aliphatic carbocycles. The van der Waals surface area contributed by atoms with Crippen molar-refractivity contribution in [2.75, 3.05) is 12.4 Å². The number of carbonyl (C=O) groups excluding carboxylic acids is 1. The number of nitrogens with one attached hydrogen (secondary N) is 1. The fourth-order valence-electron chi connectivity index (χ4n) is 2.78. The number of nitrogens with zero attached hydrogens (tertiary/aromatic N) is 3. The number of aromatic nitrogens is 2. The van der Waals surface area contributed by atoms with E-state index in [0.29, 0.717) is 17.6 Å². The summed E-state index contributed by atoms with van der Waals surface area (Å²) in [6.07, 6.45) is 4.53. The highest BCUT2D eigenvalue weighted by atomic mass is 16.2. The van der Waals surface area contributed by atoms with Crippen molar-refractivity contribution >= 4 is 11.8 Å². The molecule has 1 aromatic carbocycles. The third-order valence-corrected chi connectivity index (χ3v) is 4.20. The zero-order valence-electron chi connectivity index (χ0n) is 13.7. The molecule has 1 heterocycles. The highest BCUT2D eigenvalue weighted by molar-refractivity contribution is 5.88. The Balaban J connectivity index is 1.60. The van der Waals surface area contributed by atoms with Crippen molar-refractivity contribution in [3.63, 3.8) is 0 Å². The summed E-state index contributed by atoms with van der Waals surface area (Å²) in [5.41, 5.74) is 1.50. The van der Waals surface area contributed by atoms with Crippen LogP contribution in [0.2, 0.25) is 0 Å². The molecule has 0 atom stereocenters. The van der Waals surface area contributed by atoms with Crippen LogP contribution in [0.25, 0.3) is 0 Å². The lowest BCUT2D eigenvalue weighted by molar-refractivity contribution is 0.204. The predicted molar refractivity (Wildman–Crippen MR) is 93.5 cm³/mol. The Morgan fingerprint density at radius 2 is 1.83 bits per heavy atom. The van der Waals surface area contributed by atoms with E-state index >= 15 is 0 Å². The van der Waals surface area contributed by atoms with Crippen LogP contribution in [0.15, 0.2) is 42.5 Å². The van der Waals surface area contributed by atoms with Gasteiger partial charge in [-0.15, -0.1) is 10.2 Å². The van der Waals surface area contributed by atoms with Crippen LogP contribution in [-0.4, -0.2) is 34.2 Å². The van der Waals surface area contributed by atoms with Crippen molar-refractivity contribution in [3.8, 4) is 11.8 Å². The molecule has 0 saturated heterocycles. The van der Waals surface area contributed by atoms with Gasteiger partial charge < -0.3 is 4.90 Å². The molecule has 122 valence electrons. The second-order valence-electron chi connectivity index (χ2n) is 5.90. The fourth-order valence-corrected chi connectivity index (χ4v) is 2.78. The van der Waals surface area contributed by atoms with Crippen LogP contribution in [0.4, 0.5) is 10.6 Å². The molecule has 1 saturated carbocycles. The molecule has 1 aliphatic rings. The van der Waals surface area contributed by atoms with Crippen molar-refractivity contribution in [1.82, 2.24) is 15.1 Å². The lowest BCUT2D eigenvalue weighted by Crippen LogP contribution is -2.38. The Morgan fingerprint density at radius 1 is 1.08 bits per heavy atom. The van der Waals surface area contributed by atoms with Crippen LogP contribution in [0.5, 0.6) is 0 Å². The standard InChI is InChI=1S/C19H20N4O/c1-23(17-9-5-6-10-17)19(24)20-18-14-13-16(21-22-18)12-11-15-7-3-2-4-8-15/h2-4,7-8,13-14,17H,5-6,9-10H2,1H3,(H,20,22,24). The van der Waals surface area contributed by atoms with E-state index in [-0.39, 0.29) is 6.03 Å². The first-order chi connectivity index (χ1) is 11.7. The van der Waals surface area contributed by atoms with Gasteiger partial charge in [0.2, 0.25) is 0 Å². The summed E-state index contributed by atoms with van der Waals surface area (Å²) in [5, 5.41) is 10.9. The van der Waals surface area contributed by atoms with Gasteiger partial charge >= 0.3 is 6.03 Å².